The first-order chi connectivity index (χ1) is 56.7. The van der Waals surface area contributed by atoms with Gasteiger partial charge in [0.15, 0.2) is 60.4 Å². The number of alkyl halides is 4. The molecule has 632 valence electrons. The van der Waals surface area contributed by atoms with Gasteiger partial charge in [0.2, 0.25) is 5.88 Å². The first kappa shape index (κ1) is 86.5. The fourth-order valence-electron chi connectivity index (χ4n) is 18.2. The van der Waals surface area contributed by atoms with Gasteiger partial charge in [0.1, 0.15) is 70.3 Å². The van der Waals surface area contributed by atoms with E-state index in [1.54, 1.807) is 13.0 Å². The molecular formula is C85H81Cl2F9N10O14. The molecule has 5 N–H and O–H groups in total. The molecule has 12 saturated carbocycles. The minimum atomic E-state index is -4.85. The number of rotatable bonds is 32. The van der Waals surface area contributed by atoms with Crippen LogP contribution in [0.2, 0.25) is 10.0 Å². The third-order valence-corrected chi connectivity index (χ3v) is 23.6. The summed E-state index contributed by atoms with van der Waals surface area (Å²) >= 11 is 11.2. The summed E-state index contributed by atoms with van der Waals surface area (Å²) in [5.41, 5.74) is 1.46. The van der Waals surface area contributed by atoms with Crippen LogP contribution in [0.3, 0.4) is 0 Å². The predicted octanol–water partition coefficient (Wildman–Crippen LogP) is 14.8. The lowest BCUT2D eigenvalue weighted by molar-refractivity contribution is -0.276. The van der Waals surface area contributed by atoms with Crippen LogP contribution >= 0.6 is 23.2 Å². The standard InChI is InChI=1S/C22H20ClFN2O4.C22H20F4N2O4.C21H20F3N3O3.C20H21ClFN3O3/c1-13(27)14-4-5-25-18(6-14)19(28)8-21-10-22(11-21,12-21)26-20(29)9-30-15-2-3-16(23)17(24)7-15;1-13-6-16(3-4-17(13)23)31-9-15(29)7-20-10-21(11-20,12-20)28-19(30)14-2-5-18(27-8-14)32-22(24,25)26;1-12(22)16-6-26-17(7-25-16)18(28)5-20-9-21(10-20,11-20)27-19(29)8-30-13-2-3-14(23)15(24)4-13;1-2-12-5-16(25-24-12)17(26)7-19-9-20(10-19,11-19)23-18(27)8-28-13-3-4-14(21)15(22)6-13/h2-7H,8-12H2,1H3,(H,26,29);2-6,8H,7,9-12H2,1H3,(H,28,30);2-4,6-7,12H,5,8-11H2,1H3,(H,27,29);3-6H,2,7-11H2,1H3,(H,23,27)(H,24,25). The van der Waals surface area contributed by atoms with Crippen molar-refractivity contribution in [1.82, 2.24) is 51.4 Å². The fourth-order valence-corrected chi connectivity index (χ4v) is 18.5. The van der Waals surface area contributed by atoms with Gasteiger partial charge in [0, 0.05) is 95.8 Å². The van der Waals surface area contributed by atoms with Gasteiger partial charge < -0.3 is 45.0 Å². The molecule has 4 aromatic carbocycles. The number of nitrogens with zero attached hydrogens (tertiary/aromatic N) is 5. The molecule has 0 spiro atoms. The van der Waals surface area contributed by atoms with Crippen molar-refractivity contribution in [2.75, 3.05) is 26.4 Å². The number of carbonyl (C=O) groups excluding carboxylic acids is 9. The second-order valence-corrected chi connectivity index (χ2v) is 34.0. The van der Waals surface area contributed by atoms with Gasteiger partial charge >= 0.3 is 6.36 Å². The van der Waals surface area contributed by atoms with E-state index in [0.29, 0.717) is 92.5 Å². The Hall–Kier alpha value is -11.4. The zero-order valence-electron chi connectivity index (χ0n) is 65.2. The van der Waals surface area contributed by atoms with Crippen LogP contribution in [0.25, 0.3) is 0 Å². The van der Waals surface area contributed by atoms with Crippen LogP contribution in [0.1, 0.15) is 199 Å². The molecule has 20 rings (SSSR count). The highest BCUT2D eigenvalue weighted by Crippen LogP contribution is 2.72. The molecule has 0 saturated heterocycles. The number of aromatic nitrogens is 6. The van der Waals surface area contributed by atoms with Crippen LogP contribution in [-0.4, -0.2) is 138 Å². The first-order valence-electron chi connectivity index (χ1n) is 38.4. The maximum absolute atomic E-state index is 13.4. The number of aromatic amines is 1. The van der Waals surface area contributed by atoms with E-state index in [1.165, 1.54) is 93.1 Å². The minimum absolute atomic E-state index is 0.00581. The van der Waals surface area contributed by atoms with E-state index >= 15 is 0 Å². The molecule has 24 nitrogen and oxygen atoms in total. The van der Waals surface area contributed by atoms with Crippen molar-refractivity contribution < 1.29 is 106 Å². The van der Waals surface area contributed by atoms with E-state index in [4.69, 9.17) is 42.1 Å². The highest BCUT2D eigenvalue weighted by molar-refractivity contribution is 6.31. The highest BCUT2D eigenvalue weighted by atomic mass is 35.5. The Morgan fingerprint density at radius 2 is 0.925 bits per heavy atom. The second-order valence-electron chi connectivity index (χ2n) is 33.1. The molecule has 4 amide bonds. The number of Topliss-reactive ketones (excluding diaryl/α,β-unsaturated/α-hetero) is 5. The number of ether oxygens (including phenoxy) is 5. The number of hydrogen-bond acceptors (Lipinski definition) is 19. The molecule has 0 radical (unpaired) electrons. The summed E-state index contributed by atoms with van der Waals surface area (Å²) in [5, 5.41) is 18.7. The van der Waals surface area contributed by atoms with E-state index in [1.807, 2.05) is 13.0 Å². The number of H-pyrrole nitrogens is 1. The molecule has 8 aromatic rings. The van der Waals surface area contributed by atoms with Gasteiger partial charge in [0.25, 0.3) is 23.6 Å². The molecule has 4 heterocycles. The molecular weight excluding hydrogens is 1630 g/mol. The van der Waals surface area contributed by atoms with Crippen molar-refractivity contribution in [1.29, 1.82) is 0 Å². The summed E-state index contributed by atoms with van der Waals surface area (Å²) in [5.74, 6) is -4.96. The largest absolute Gasteiger partial charge is 0.574 e. The van der Waals surface area contributed by atoms with Crippen molar-refractivity contribution in [3.05, 3.63) is 212 Å². The van der Waals surface area contributed by atoms with Gasteiger partial charge in [-0.15, -0.1) is 13.2 Å². The summed E-state index contributed by atoms with van der Waals surface area (Å²) in [6.45, 7) is 5.58. The van der Waals surface area contributed by atoms with Crippen LogP contribution in [0, 0.1) is 57.7 Å². The Labute approximate surface area is 690 Å². The maximum Gasteiger partial charge on any atom is 0.574 e. The Balaban J connectivity index is 0.000000138. The smallest absolute Gasteiger partial charge is 0.486 e. The van der Waals surface area contributed by atoms with Crippen molar-refractivity contribution in [3.63, 3.8) is 0 Å². The Kier molecular flexibility index (Phi) is 24.5. The maximum atomic E-state index is 13.4. The number of hydrogen-bond donors (Lipinski definition) is 5. The van der Waals surface area contributed by atoms with Gasteiger partial charge in [-0.1, -0.05) is 30.1 Å². The number of ketones is 5. The number of pyridine rings is 2. The Bertz CT molecular complexity index is 5270. The summed E-state index contributed by atoms with van der Waals surface area (Å²) in [4.78, 5) is 126. The summed E-state index contributed by atoms with van der Waals surface area (Å²) in [7, 11) is 0. The zero-order chi connectivity index (χ0) is 86.1. The van der Waals surface area contributed by atoms with Gasteiger partial charge in [-0.05, 0) is 210 Å². The lowest BCUT2D eigenvalue weighted by atomic mass is 9.38. The molecule has 8 bridgehead atoms. The Morgan fingerprint density at radius 3 is 1.35 bits per heavy atom. The minimum Gasteiger partial charge on any atom is -0.486 e. The lowest BCUT2D eigenvalue weighted by Crippen LogP contribution is -2.75. The molecule has 0 aliphatic heterocycles. The highest BCUT2D eigenvalue weighted by Gasteiger charge is 2.71. The number of halogens is 11. The summed E-state index contributed by atoms with van der Waals surface area (Å²) in [6.07, 6.45) is 9.73. The molecule has 12 aliphatic rings. The van der Waals surface area contributed by atoms with E-state index in [9.17, 15) is 82.7 Å². The van der Waals surface area contributed by atoms with Crippen molar-refractivity contribution in [3.8, 4) is 28.9 Å². The zero-order valence-corrected chi connectivity index (χ0v) is 66.7. The van der Waals surface area contributed by atoms with E-state index in [2.05, 4.69) is 56.1 Å². The van der Waals surface area contributed by atoms with E-state index < -0.39 is 53.1 Å². The van der Waals surface area contributed by atoms with Gasteiger partial charge in [-0.2, -0.15) is 5.10 Å². The number of amides is 4. The quantitative estimate of drug-likeness (QED) is 0.0193. The monoisotopic (exact) mass is 1710 g/mol. The average molecular weight is 1710 g/mol. The topological polar surface area (TPSA) is 328 Å². The average Bonchev–Trinajstić information content (AvgIpc) is 0.785. The SMILES string of the molecule is CC(=O)c1ccnc(C(=O)CC23CC(NC(=O)COc4ccc(Cl)c(F)c4)(C2)C3)c1.CC(F)c1cnc(C(=O)CC23CC(NC(=O)COc4ccc(F)c(F)c4)(C2)C3)cn1.CCc1cc(C(=O)CC23CC(NC(=O)COc4ccc(Cl)c(F)c4)(C2)C3)n[nH]1.Cc1cc(OCC(=O)CC23CC(NC(=O)c4ccc(OC(F)(F)F)nc4)(C2)C3)ccc1F. The second kappa shape index (κ2) is 34.0. The van der Waals surface area contributed by atoms with Crippen molar-refractivity contribution >= 4 is 75.7 Å². The number of nitrogens with one attached hydrogen (secondary N) is 5. The van der Waals surface area contributed by atoms with Gasteiger partial charge in [-0.25, -0.2) is 36.3 Å². The van der Waals surface area contributed by atoms with Crippen molar-refractivity contribution in [2.24, 2.45) is 21.7 Å². The number of aryl methyl sites for hydroxylation is 2. The van der Waals surface area contributed by atoms with E-state index in [0.717, 1.165) is 87.2 Å². The van der Waals surface area contributed by atoms with Crippen molar-refractivity contribution in [2.45, 2.75) is 172 Å². The van der Waals surface area contributed by atoms with Gasteiger partial charge in [0.05, 0.1) is 33.7 Å². The van der Waals surface area contributed by atoms with E-state index in [-0.39, 0.29) is 161 Å². The fraction of sp³-hybridized carbons (Fsp3) is 0.412. The molecule has 35 heteroatoms. The van der Waals surface area contributed by atoms with Crippen LogP contribution < -0.4 is 45.0 Å². The molecule has 1 atom stereocenters. The third kappa shape index (κ3) is 20.2. The normalized spacial score (nSPS) is 24.2. The predicted molar refractivity (Wildman–Crippen MR) is 411 cm³/mol. The van der Waals surface area contributed by atoms with Crippen LogP contribution in [-0.2, 0) is 25.6 Å². The molecule has 120 heavy (non-hydrogen) atoms. The molecule has 1 unspecified atom stereocenters. The lowest BCUT2D eigenvalue weighted by Gasteiger charge is -2.70. The first-order valence-corrected chi connectivity index (χ1v) is 39.1. The third-order valence-electron chi connectivity index (χ3n) is 23.0. The molecule has 4 aromatic heterocycles. The molecule has 12 fully saturated rings. The number of carbonyl (C=O) groups is 9. The van der Waals surface area contributed by atoms with Crippen LogP contribution in [0.5, 0.6) is 28.9 Å². The summed E-state index contributed by atoms with van der Waals surface area (Å²) in [6, 6.07) is 22.5. The molecule has 12 aliphatic carbocycles. The summed E-state index contributed by atoms with van der Waals surface area (Å²) < 4.78 is 141. The Morgan fingerprint density at radius 1 is 0.475 bits per heavy atom. The van der Waals surface area contributed by atoms with Gasteiger partial charge in [-0.3, -0.25) is 58.2 Å². The van der Waals surface area contributed by atoms with Crippen LogP contribution in [0.15, 0.2) is 128 Å². The number of benzene rings is 4. The van der Waals surface area contributed by atoms with Crippen LogP contribution in [0.4, 0.5) is 39.5 Å².